The molecule has 2 aliphatic heterocycles. The molecule has 1 saturated heterocycles. The van der Waals surface area contributed by atoms with Gasteiger partial charge in [-0.15, -0.1) is 0 Å². The van der Waals surface area contributed by atoms with Crippen LogP contribution in [-0.4, -0.2) is 53.3 Å². The first-order valence-electron chi connectivity index (χ1n) is 13.9. The van der Waals surface area contributed by atoms with Crippen LogP contribution in [0.5, 0.6) is 5.75 Å². The lowest BCUT2D eigenvalue weighted by atomic mass is 10.0. The van der Waals surface area contributed by atoms with Crippen LogP contribution in [0.15, 0.2) is 76.5 Å². The van der Waals surface area contributed by atoms with Crippen molar-refractivity contribution in [3.8, 4) is 5.75 Å². The second-order valence-electron chi connectivity index (χ2n) is 10.4. The van der Waals surface area contributed by atoms with Crippen LogP contribution in [-0.2, 0) is 37.8 Å². The van der Waals surface area contributed by atoms with Gasteiger partial charge in [0.2, 0.25) is 10.0 Å². The van der Waals surface area contributed by atoms with E-state index in [-0.39, 0.29) is 28.8 Å². The normalized spacial score (nSPS) is 16.2. The Morgan fingerprint density at radius 3 is 2.27 bits per heavy atom. The number of carbonyl (C=O) groups excluding carboxylic acids is 1. The Morgan fingerprint density at radius 2 is 1.54 bits per heavy atom. The van der Waals surface area contributed by atoms with Crippen molar-refractivity contribution in [2.45, 2.75) is 55.4 Å². The van der Waals surface area contributed by atoms with Crippen LogP contribution < -0.4 is 14.4 Å². The molecule has 1 N–H and O–H groups in total. The molecule has 0 aromatic heterocycles. The van der Waals surface area contributed by atoms with E-state index < -0.39 is 20.0 Å². The van der Waals surface area contributed by atoms with Gasteiger partial charge in [-0.25, -0.2) is 16.8 Å². The number of piperidine rings is 1. The summed E-state index contributed by atoms with van der Waals surface area (Å²) in [5, 5.41) is 2.77. The largest absolute Gasteiger partial charge is 0.484 e. The maximum atomic E-state index is 13.4. The first-order valence-corrected chi connectivity index (χ1v) is 16.7. The van der Waals surface area contributed by atoms with Crippen LogP contribution in [0.25, 0.3) is 0 Å². The number of para-hydroxylation sites is 1. The molecule has 11 heteroatoms. The molecule has 0 bridgehead atoms. The highest BCUT2D eigenvalue weighted by Gasteiger charge is 2.29. The molecule has 218 valence electrons. The number of rotatable bonds is 9. The van der Waals surface area contributed by atoms with E-state index in [1.807, 2.05) is 24.3 Å². The summed E-state index contributed by atoms with van der Waals surface area (Å²) in [6, 6.07) is 18.7. The highest BCUT2D eigenvalue weighted by Crippen LogP contribution is 2.33. The lowest BCUT2D eigenvalue weighted by molar-refractivity contribution is -0.123. The van der Waals surface area contributed by atoms with Crippen LogP contribution in [0.4, 0.5) is 5.69 Å². The summed E-state index contributed by atoms with van der Waals surface area (Å²) in [4.78, 5) is 12.9. The molecule has 0 aliphatic carbocycles. The second kappa shape index (κ2) is 12.2. The Morgan fingerprint density at radius 1 is 0.829 bits per heavy atom. The Kier molecular flexibility index (Phi) is 8.67. The minimum absolute atomic E-state index is 0.175. The minimum atomic E-state index is -3.75. The average molecular weight is 598 g/mol. The van der Waals surface area contributed by atoms with Crippen molar-refractivity contribution < 1.29 is 26.4 Å². The molecule has 0 unspecified atom stereocenters. The van der Waals surface area contributed by atoms with Crippen LogP contribution in [0.3, 0.4) is 0 Å². The van der Waals surface area contributed by atoms with Crippen molar-refractivity contribution in [3.05, 3.63) is 83.4 Å². The van der Waals surface area contributed by atoms with Crippen LogP contribution in [0.1, 0.15) is 42.4 Å². The molecule has 3 aromatic carbocycles. The number of hydrogen-bond acceptors (Lipinski definition) is 6. The number of fused-ring (bicyclic) bond motifs is 1. The zero-order chi connectivity index (χ0) is 29.0. The first-order chi connectivity index (χ1) is 19.7. The van der Waals surface area contributed by atoms with E-state index in [2.05, 4.69) is 5.32 Å². The summed E-state index contributed by atoms with van der Waals surface area (Å²) in [6.07, 6.45) is 4.41. The molecular weight excluding hydrogens is 562 g/mol. The third-order valence-electron chi connectivity index (χ3n) is 7.53. The molecular formula is C30H35N3O6S2. The molecule has 0 spiro atoms. The summed E-state index contributed by atoms with van der Waals surface area (Å²) in [5.41, 5.74) is 3.10. The average Bonchev–Trinajstić information content (AvgIpc) is 2.99. The van der Waals surface area contributed by atoms with Gasteiger partial charge < -0.3 is 10.1 Å². The van der Waals surface area contributed by atoms with Crippen LogP contribution >= 0.6 is 0 Å². The van der Waals surface area contributed by atoms with Gasteiger partial charge in [0.25, 0.3) is 15.9 Å². The van der Waals surface area contributed by atoms with Crippen molar-refractivity contribution in [1.29, 1.82) is 0 Å². The van der Waals surface area contributed by atoms with Crippen LogP contribution in [0.2, 0.25) is 0 Å². The van der Waals surface area contributed by atoms with Gasteiger partial charge in [0, 0.05) is 26.2 Å². The molecule has 5 rings (SSSR count). The summed E-state index contributed by atoms with van der Waals surface area (Å²) in [7, 11) is -7.25. The van der Waals surface area contributed by atoms with Gasteiger partial charge in [-0.1, -0.05) is 36.8 Å². The molecule has 0 atom stereocenters. The Hall–Kier alpha value is -3.41. The number of carbonyl (C=O) groups is 1. The minimum Gasteiger partial charge on any atom is -0.484 e. The number of ether oxygens (including phenoxy) is 1. The standard InChI is InChI=1S/C30H35N3O6S2/c1-23-20-27(41(37,38)33-19-7-9-25-8-3-4-10-28(25)33)15-16-29(23)39-22-30(34)31-21-24-11-13-26(14-12-24)40(35,36)32-17-5-2-6-18-32/h3-4,8,10-16,20H,2,5-7,9,17-19,21-22H2,1H3,(H,31,34). The topological polar surface area (TPSA) is 113 Å². The number of hydrogen-bond donors (Lipinski definition) is 1. The molecule has 0 saturated carbocycles. The molecule has 1 amide bonds. The van der Waals surface area contributed by atoms with Gasteiger partial charge in [-0.2, -0.15) is 4.31 Å². The lowest BCUT2D eigenvalue weighted by Gasteiger charge is -2.30. The van der Waals surface area contributed by atoms with Crippen LogP contribution in [0, 0.1) is 6.92 Å². The Balaban J connectivity index is 1.16. The van der Waals surface area contributed by atoms with E-state index in [0.29, 0.717) is 36.6 Å². The summed E-state index contributed by atoms with van der Waals surface area (Å²) < 4.78 is 61.2. The number of sulfonamides is 2. The van der Waals surface area contributed by atoms with Gasteiger partial charge in [0.1, 0.15) is 5.75 Å². The molecule has 1 fully saturated rings. The Bertz CT molecular complexity index is 1620. The Labute approximate surface area is 242 Å². The van der Waals surface area contributed by atoms with Crippen molar-refractivity contribution >= 4 is 31.6 Å². The van der Waals surface area contributed by atoms with E-state index >= 15 is 0 Å². The van der Waals surface area contributed by atoms with E-state index in [4.69, 9.17) is 4.74 Å². The van der Waals surface area contributed by atoms with Gasteiger partial charge in [-0.3, -0.25) is 9.10 Å². The quantitative estimate of drug-likeness (QED) is 0.399. The third-order valence-corrected chi connectivity index (χ3v) is 11.2. The molecule has 41 heavy (non-hydrogen) atoms. The lowest BCUT2D eigenvalue weighted by Crippen LogP contribution is -2.35. The van der Waals surface area contributed by atoms with E-state index in [9.17, 15) is 21.6 Å². The molecule has 0 radical (unpaired) electrons. The van der Waals surface area contributed by atoms with E-state index in [1.165, 1.54) is 14.7 Å². The summed E-state index contributed by atoms with van der Waals surface area (Å²) >= 11 is 0. The van der Waals surface area contributed by atoms with Gasteiger partial charge >= 0.3 is 0 Å². The van der Waals surface area contributed by atoms with Gasteiger partial charge in [0.05, 0.1) is 15.5 Å². The zero-order valence-corrected chi connectivity index (χ0v) is 24.7. The summed E-state index contributed by atoms with van der Waals surface area (Å²) in [5.74, 6) is 0.0708. The predicted octanol–water partition coefficient (Wildman–Crippen LogP) is 4.01. The van der Waals surface area contributed by atoms with Crippen molar-refractivity contribution in [3.63, 3.8) is 0 Å². The van der Waals surface area contributed by atoms with Gasteiger partial charge in [-0.05, 0) is 85.7 Å². The number of nitrogens with zero attached hydrogens (tertiary/aromatic N) is 2. The molecule has 2 aliphatic rings. The maximum absolute atomic E-state index is 13.4. The van der Waals surface area contributed by atoms with E-state index in [0.717, 1.165) is 43.2 Å². The predicted molar refractivity (Wildman–Crippen MR) is 157 cm³/mol. The summed E-state index contributed by atoms with van der Waals surface area (Å²) in [6.45, 7) is 3.24. The smallest absolute Gasteiger partial charge is 0.264 e. The number of anilines is 1. The fourth-order valence-electron chi connectivity index (χ4n) is 5.25. The monoisotopic (exact) mass is 597 g/mol. The number of benzene rings is 3. The number of nitrogens with one attached hydrogen (secondary N) is 1. The highest BCUT2D eigenvalue weighted by atomic mass is 32.2. The van der Waals surface area contributed by atoms with Crippen molar-refractivity contribution in [2.75, 3.05) is 30.5 Å². The molecule has 9 nitrogen and oxygen atoms in total. The maximum Gasteiger partial charge on any atom is 0.264 e. The number of aryl methyl sites for hydroxylation is 2. The zero-order valence-electron chi connectivity index (χ0n) is 23.1. The van der Waals surface area contributed by atoms with Crippen molar-refractivity contribution in [1.82, 2.24) is 9.62 Å². The highest BCUT2D eigenvalue weighted by molar-refractivity contribution is 7.92. The third kappa shape index (κ3) is 6.42. The fraction of sp³-hybridized carbons (Fsp3) is 0.367. The molecule has 3 aromatic rings. The van der Waals surface area contributed by atoms with Gasteiger partial charge in [0.15, 0.2) is 6.61 Å². The molecule has 2 heterocycles. The SMILES string of the molecule is Cc1cc(S(=O)(=O)N2CCCc3ccccc32)ccc1OCC(=O)NCc1ccc(S(=O)(=O)N2CCCCC2)cc1. The second-order valence-corrected chi connectivity index (χ2v) is 14.2. The fourth-order valence-corrected chi connectivity index (χ4v) is 8.39. The number of amides is 1. The van der Waals surface area contributed by atoms with Crippen molar-refractivity contribution in [2.24, 2.45) is 0 Å². The first kappa shape index (κ1) is 29.1. The van der Waals surface area contributed by atoms with E-state index in [1.54, 1.807) is 43.3 Å².